The van der Waals surface area contributed by atoms with Gasteiger partial charge in [0.2, 0.25) is 0 Å². The summed E-state index contributed by atoms with van der Waals surface area (Å²) in [6.45, 7) is 6.81. The van der Waals surface area contributed by atoms with Crippen LogP contribution in [0, 0.1) is 0 Å². The van der Waals surface area contributed by atoms with Gasteiger partial charge in [-0.1, -0.05) is 19.1 Å². The van der Waals surface area contributed by atoms with E-state index in [4.69, 9.17) is 9.47 Å². The summed E-state index contributed by atoms with van der Waals surface area (Å²) in [6, 6.07) is 8.25. The smallest absolute Gasteiger partial charge is 0.122 e. The molecule has 130 valence electrons. The topological polar surface area (TPSA) is 39.5 Å². The van der Waals surface area contributed by atoms with Gasteiger partial charge in [-0.05, 0) is 24.1 Å². The van der Waals surface area contributed by atoms with Gasteiger partial charge in [0.1, 0.15) is 11.6 Å². The Hall–Kier alpha value is -1.85. The van der Waals surface area contributed by atoms with Gasteiger partial charge in [0.25, 0.3) is 0 Å². The lowest BCUT2D eigenvalue weighted by Crippen LogP contribution is -2.43. The minimum absolute atomic E-state index is 0.223. The average molecular weight is 329 g/mol. The predicted molar refractivity (Wildman–Crippen MR) is 94.2 cm³/mol. The van der Waals surface area contributed by atoms with E-state index in [0.29, 0.717) is 0 Å². The van der Waals surface area contributed by atoms with Gasteiger partial charge < -0.3 is 14.0 Å². The van der Waals surface area contributed by atoms with E-state index in [1.54, 1.807) is 7.11 Å². The van der Waals surface area contributed by atoms with Crippen molar-refractivity contribution in [3.8, 4) is 5.75 Å². The van der Waals surface area contributed by atoms with Crippen LogP contribution in [-0.2, 0) is 24.2 Å². The zero-order valence-electron chi connectivity index (χ0n) is 14.6. The normalized spacial score (nSPS) is 18.7. The number of aryl methyl sites for hydroxylation is 1. The van der Waals surface area contributed by atoms with Crippen LogP contribution in [0.25, 0.3) is 0 Å². The second-order valence-electron chi connectivity index (χ2n) is 6.32. The standard InChI is InChI=1S/C19H27N3O2/c1-3-8-22-9-7-20-19(22)15-21-10-11-24-18(14-21)13-16-5-4-6-17(12-16)23-2/h4-7,9,12,18H,3,8,10-11,13-15H2,1-2H3/t18-/m1/s1. The number of hydrogen-bond donors (Lipinski definition) is 0. The molecule has 1 aliphatic rings. The first-order chi connectivity index (χ1) is 11.8. The Morgan fingerprint density at radius 1 is 1.38 bits per heavy atom. The Bertz CT molecular complexity index is 641. The Labute approximate surface area is 144 Å². The summed E-state index contributed by atoms with van der Waals surface area (Å²) < 4.78 is 13.5. The van der Waals surface area contributed by atoms with Crippen molar-refractivity contribution in [1.82, 2.24) is 14.5 Å². The summed E-state index contributed by atoms with van der Waals surface area (Å²) in [5.74, 6) is 2.06. The second kappa shape index (κ2) is 8.31. The van der Waals surface area contributed by atoms with E-state index < -0.39 is 0 Å². The van der Waals surface area contributed by atoms with Gasteiger partial charge in [0.15, 0.2) is 0 Å². The van der Waals surface area contributed by atoms with Gasteiger partial charge in [-0.15, -0.1) is 0 Å². The summed E-state index contributed by atoms with van der Waals surface area (Å²) >= 11 is 0. The molecule has 0 radical (unpaired) electrons. The minimum Gasteiger partial charge on any atom is -0.497 e. The van der Waals surface area contributed by atoms with Gasteiger partial charge in [0, 0.05) is 38.4 Å². The maximum Gasteiger partial charge on any atom is 0.122 e. The molecule has 24 heavy (non-hydrogen) atoms. The van der Waals surface area contributed by atoms with Gasteiger partial charge in [-0.3, -0.25) is 4.90 Å². The van der Waals surface area contributed by atoms with Crippen molar-refractivity contribution in [3.05, 3.63) is 48.0 Å². The summed E-state index contributed by atoms with van der Waals surface area (Å²) in [7, 11) is 1.70. The third-order valence-corrected chi connectivity index (χ3v) is 4.45. The summed E-state index contributed by atoms with van der Waals surface area (Å²) in [4.78, 5) is 6.97. The first kappa shape index (κ1) is 17.0. The number of morpholine rings is 1. The SMILES string of the molecule is CCCn1ccnc1CN1CCO[C@H](Cc2cccc(OC)c2)C1. The number of methoxy groups -OCH3 is 1. The molecule has 0 saturated carbocycles. The van der Waals surface area contributed by atoms with Crippen LogP contribution in [-0.4, -0.2) is 47.4 Å². The van der Waals surface area contributed by atoms with Gasteiger partial charge in [-0.25, -0.2) is 4.98 Å². The fourth-order valence-electron chi connectivity index (χ4n) is 3.25. The lowest BCUT2D eigenvalue weighted by molar-refractivity contribution is -0.0315. The molecule has 1 fully saturated rings. The number of hydrogen-bond acceptors (Lipinski definition) is 4. The van der Waals surface area contributed by atoms with Crippen LogP contribution in [0.4, 0.5) is 0 Å². The van der Waals surface area contributed by atoms with Gasteiger partial charge in [0.05, 0.1) is 26.4 Å². The Kier molecular flexibility index (Phi) is 5.88. The van der Waals surface area contributed by atoms with Crippen molar-refractivity contribution in [2.45, 2.75) is 39.0 Å². The van der Waals surface area contributed by atoms with E-state index in [1.165, 1.54) is 5.56 Å². The number of benzene rings is 1. The van der Waals surface area contributed by atoms with Crippen LogP contribution in [0.2, 0.25) is 0 Å². The average Bonchev–Trinajstić information content (AvgIpc) is 3.03. The zero-order valence-corrected chi connectivity index (χ0v) is 14.6. The molecule has 1 saturated heterocycles. The molecule has 0 unspecified atom stereocenters. The number of rotatable bonds is 7. The maximum absolute atomic E-state index is 5.97. The van der Waals surface area contributed by atoms with Crippen LogP contribution in [0.1, 0.15) is 24.7 Å². The molecule has 1 aromatic heterocycles. The third-order valence-electron chi connectivity index (χ3n) is 4.45. The predicted octanol–water partition coefficient (Wildman–Crippen LogP) is 2.75. The monoisotopic (exact) mass is 329 g/mol. The highest BCUT2D eigenvalue weighted by molar-refractivity contribution is 5.28. The van der Waals surface area contributed by atoms with E-state index in [-0.39, 0.29) is 6.10 Å². The van der Waals surface area contributed by atoms with E-state index in [2.05, 4.69) is 39.7 Å². The van der Waals surface area contributed by atoms with Crippen molar-refractivity contribution < 1.29 is 9.47 Å². The Morgan fingerprint density at radius 2 is 2.29 bits per heavy atom. The van der Waals surface area contributed by atoms with Gasteiger partial charge >= 0.3 is 0 Å². The summed E-state index contributed by atoms with van der Waals surface area (Å²) in [5.41, 5.74) is 1.26. The first-order valence-electron chi connectivity index (χ1n) is 8.75. The lowest BCUT2D eigenvalue weighted by Gasteiger charge is -2.33. The third kappa shape index (κ3) is 4.36. The number of imidazole rings is 1. The number of aromatic nitrogens is 2. The van der Waals surface area contributed by atoms with Crippen LogP contribution in [0.3, 0.4) is 0 Å². The van der Waals surface area contributed by atoms with E-state index in [1.807, 2.05) is 18.3 Å². The molecule has 5 heteroatoms. The van der Waals surface area contributed by atoms with Crippen molar-refractivity contribution in [3.63, 3.8) is 0 Å². The highest BCUT2D eigenvalue weighted by Gasteiger charge is 2.22. The van der Waals surface area contributed by atoms with E-state index in [0.717, 1.165) is 57.2 Å². The van der Waals surface area contributed by atoms with Crippen LogP contribution in [0.5, 0.6) is 5.75 Å². The summed E-state index contributed by atoms with van der Waals surface area (Å²) in [6.07, 6.45) is 6.24. The molecule has 1 aromatic carbocycles. The van der Waals surface area contributed by atoms with Crippen molar-refractivity contribution in [1.29, 1.82) is 0 Å². The lowest BCUT2D eigenvalue weighted by atomic mass is 10.1. The van der Waals surface area contributed by atoms with Gasteiger partial charge in [-0.2, -0.15) is 0 Å². The van der Waals surface area contributed by atoms with Crippen molar-refractivity contribution in [2.24, 2.45) is 0 Å². The van der Waals surface area contributed by atoms with Crippen LogP contribution >= 0.6 is 0 Å². The fraction of sp³-hybridized carbons (Fsp3) is 0.526. The van der Waals surface area contributed by atoms with Crippen molar-refractivity contribution >= 4 is 0 Å². The largest absolute Gasteiger partial charge is 0.497 e. The molecule has 2 aromatic rings. The molecular weight excluding hydrogens is 302 g/mol. The van der Waals surface area contributed by atoms with Crippen molar-refractivity contribution in [2.75, 3.05) is 26.8 Å². The number of ether oxygens (including phenoxy) is 2. The molecule has 1 aliphatic heterocycles. The highest BCUT2D eigenvalue weighted by atomic mass is 16.5. The minimum atomic E-state index is 0.223. The maximum atomic E-state index is 5.97. The molecule has 1 atom stereocenters. The molecule has 5 nitrogen and oxygen atoms in total. The van der Waals surface area contributed by atoms with Crippen LogP contribution in [0.15, 0.2) is 36.7 Å². The van der Waals surface area contributed by atoms with Crippen LogP contribution < -0.4 is 4.74 Å². The summed E-state index contributed by atoms with van der Waals surface area (Å²) in [5, 5.41) is 0. The zero-order chi connectivity index (χ0) is 16.8. The second-order valence-corrected chi connectivity index (χ2v) is 6.32. The molecule has 0 spiro atoms. The highest BCUT2D eigenvalue weighted by Crippen LogP contribution is 2.18. The molecule has 2 heterocycles. The molecule has 0 N–H and O–H groups in total. The molecule has 0 bridgehead atoms. The fourth-order valence-corrected chi connectivity index (χ4v) is 3.25. The quantitative estimate of drug-likeness (QED) is 0.783. The Morgan fingerprint density at radius 3 is 3.12 bits per heavy atom. The van der Waals surface area contributed by atoms with E-state index >= 15 is 0 Å². The number of nitrogens with zero attached hydrogens (tertiary/aromatic N) is 3. The molecule has 0 aliphatic carbocycles. The molecular formula is C19H27N3O2. The Balaban J connectivity index is 1.58. The van der Waals surface area contributed by atoms with E-state index in [9.17, 15) is 0 Å². The first-order valence-corrected chi connectivity index (χ1v) is 8.75. The molecule has 0 amide bonds. The molecule has 3 rings (SSSR count).